The SMILES string of the molecule is COc1cc(C)cc(C)c1CCC(C)=O. The lowest BCUT2D eigenvalue weighted by Gasteiger charge is -2.12. The normalized spacial score (nSPS) is 10.1. The van der Waals surface area contributed by atoms with Gasteiger partial charge in [0.25, 0.3) is 0 Å². The van der Waals surface area contributed by atoms with Crippen LogP contribution in [0, 0.1) is 13.8 Å². The summed E-state index contributed by atoms with van der Waals surface area (Å²) >= 11 is 0. The van der Waals surface area contributed by atoms with Gasteiger partial charge >= 0.3 is 0 Å². The van der Waals surface area contributed by atoms with Gasteiger partial charge in [-0.1, -0.05) is 6.07 Å². The predicted octanol–water partition coefficient (Wildman–Crippen LogP) is 2.83. The van der Waals surface area contributed by atoms with Crippen molar-refractivity contribution >= 4 is 5.78 Å². The highest BCUT2D eigenvalue weighted by molar-refractivity contribution is 5.75. The van der Waals surface area contributed by atoms with Crippen LogP contribution in [0.15, 0.2) is 12.1 Å². The molecule has 0 bridgehead atoms. The smallest absolute Gasteiger partial charge is 0.130 e. The average Bonchev–Trinajstić information content (AvgIpc) is 2.14. The number of rotatable bonds is 4. The Morgan fingerprint density at radius 3 is 2.53 bits per heavy atom. The molecule has 0 aliphatic carbocycles. The van der Waals surface area contributed by atoms with Crippen molar-refractivity contribution in [3.05, 3.63) is 28.8 Å². The second-order valence-electron chi connectivity index (χ2n) is 3.96. The van der Waals surface area contributed by atoms with Gasteiger partial charge in [0.05, 0.1) is 7.11 Å². The number of hydrogen-bond acceptors (Lipinski definition) is 2. The fourth-order valence-electron chi connectivity index (χ4n) is 1.76. The molecule has 0 radical (unpaired) electrons. The first kappa shape index (κ1) is 11.8. The van der Waals surface area contributed by atoms with Crippen molar-refractivity contribution in [2.24, 2.45) is 0 Å². The van der Waals surface area contributed by atoms with Crippen LogP contribution in [0.2, 0.25) is 0 Å². The van der Waals surface area contributed by atoms with E-state index in [0.717, 1.165) is 17.7 Å². The number of benzene rings is 1. The summed E-state index contributed by atoms with van der Waals surface area (Å²) in [6.07, 6.45) is 1.35. The fourth-order valence-corrected chi connectivity index (χ4v) is 1.76. The molecular formula is C13H18O2. The summed E-state index contributed by atoms with van der Waals surface area (Å²) in [7, 11) is 1.67. The second-order valence-corrected chi connectivity index (χ2v) is 3.96. The highest BCUT2D eigenvalue weighted by atomic mass is 16.5. The second kappa shape index (κ2) is 4.96. The van der Waals surface area contributed by atoms with Gasteiger partial charge in [-0.25, -0.2) is 0 Å². The third-order valence-corrected chi connectivity index (χ3v) is 2.52. The molecular weight excluding hydrogens is 188 g/mol. The maximum atomic E-state index is 11.0. The Labute approximate surface area is 91.3 Å². The highest BCUT2D eigenvalue weighted by Crippen LogP contribution is 2.25. The van der Waals surface area contributed by atoms with Crippen LogP contribution >= 0.6 is 0 Å². The molecule has 0 aliphatic rings. The molecule has 2 nitrogen and oxygen atoms in total. The Bertz CT molecular complexity index is 367. The maximum absolute atomic E-state index is 11.0. The Morgan fingerprint density at radius 2 is 2.00 bits per heavy atom. The predicted molar refractivity (Wildman–Crippen MR) is 61.5 cm³/mol. The van der Waals surface area contributed by atoms with Crippen molar-refractivity contribution in [2.45, 2.75) is 33.6 Å². The maximum Gasteiger partial charge on any atom is 0.130 e. The molecule has 1 aromatic rings. The first-order valence-corrected chi connectivity index (χ1v) is 5.18. The number of carbonyl (C=O) groups excluding carboxylic acids is 1. The number of ketones is 1. The Hall–Kier alpha value is -1.31. The third-order valence-electron chi connectivity index (χ3n) is 2.52. The number of aryl methyl sites for hydroxylation is 2. The summed E-state index contributed by atoms with van der Waals surface area (Å²) < 4.78 is 5.33. The standard InChI is InChI=1S/C13H18O2/c1-9-7-10(2)12(6-5-11(3)14)13(8-9)15-4/h7-8H,5-6H2,1-4H3. The zero-order chi connectivity index (χ0) is 11.4. The Kier molecular flexibility index (Phi) is 3.89. The molecule has 15 heavy (non-hydrogen) atoms. The first-order chi connectivity index (χ1) is 7.04. The average molecular weight is 206 g/mol. The van der Waals surface area contributed by atoms with Crippen LogP contribution in [0.4, 0.5) is 0 Å². The summed E-state index contributed by atoms with van der Waals surface area (Å²) in [5, 5.41) is 0. The molecule has 1 rings (SSSR count). The van der Waals surface area contributed by atoms with Gasteiger partial charge in [-0.15, -0.1) is 0 Å². The van der Waals surface area contributed by atoms with Crippen LogP contribution in [0.1, 0.15) is 30.0 Å². The molecule has 0 saturated carbocycles. The summed E-state index contributed by atoms with van der Waals surface area (Å²) in [5.41, 5.74) is 3.54. The molecule has 0 fully saturated rings. The van der Waals surface area contributed by atoms with Gasteiger partial charge in [-0.2, -0.15) is 0 Å². The zero-order valence-electron chi connectivity index (χ0n) is 9.89. The molecule has 0 atom stereocenters. The highest BCUT2D eigenvalue weighted by Gasteiger charge is 2.08. The van der Waals surface area contributed by atoms with E-state index in [1.807, 2.05) is 13.0 Å². The monoisotopic (exact) mass is 206 g/mol. The lowest BCUT2D eigenvalue weighted by atomic mass is 9.99. The Balaban J connectivity index is 2.98. The van der Waals surface area contributed by atoms with Gasteiger partial charge in [-0.3, -0.25) is 0 Å². The quantitative estimate of drug-likeness (QED) is 0.757. The van der Waals surface area contributed by atoms with Crippen LogP contribution in [-0.4, -0.2) is 12.9 Å². The van der Waals surface area contributed by atoms with Crippen molar-refractivity contribution in [3.63, 3.8) is 0 Å². The molecule has 0 saturated heterocycles. The van der Waals surface area contributed by atoms with Crippen molar-refractivity contribution in [2.75, 3.05) is 7.11 Å². The minimum atomic E-state index is 0.219. The van der Waals surface area contributed by atoms with E-state index in [4.69, 9.17) is 4.74 Å². The van der Waals surface area contributed by atoms with Gasteiger partial charge in [-0.05, 0) is 49.9 Å². The van der Waals surface area contributed by atoms with Crippen LogP contribution in [-0.2, 0) is 11.2 Å². The molecule has 0 N–H and O–H groups in total. The van der Waals surface area contributed by atoms with E-state index < -0.39 is 0 Å². The lowest BCUT2D eigenvalue weighted by Crippen LogP contribution is -2.00. The van der Waals surface area contributed by atoms with E-state index in [9.17, 15) is 4.79 Å². The van der Waals surface area contributed by atoms with Crippen molar-refractivity contribution in [3.8, 4) is 5.75 Å². The minimum Gasteiger partial charge on any atom is -0.496 e. The fraction of sp³-hybridized carbons (Fsp3) is 0.462. The minimum absolute atomic E-state index is 0.219. The van der Waals surface area contributed by atoms with Crippen LogP contribution < -0.4 is 4.74 Å². The Morgan fingerprint density at radius 1 is 1.33 bits per heavy atom. The molecule has 2 heteroatoms. The van der Waals surface area contributed by atoms with Gasteiger partial charge in [0.2, 0.25) is 0 Å². The molecule has 0 aromatic heterocycles. The van der Waals surface area contributed by atoms with E-state index >= 15 is 0 Å². The van der Waals surface area contributed by atoms with Gasteiger partial charge in [0, 0.05) is 6.42 Å². The van der Waals surface area contributed by atoms with E-state index in [1.165, 1.54) is 11.1 Å². The van der Waals surface area contributed by atoms with Gasteiger partial charge in [0.1, 0.15) is 11.5 Å². The third kappa shape index (κ3) is 3.08. The lowest BCUT2D eigenvalue weighted by molar-refractivity contribution is -0.116. The molecule has 0 spiro atoms. The topological polar surface area (TPSA) is 26.3 Å². The largest absolute Gasteiger partial charge is 0.496 e. The summed E-state index contributed by atoms with van der Waals surface area (Å²) in [4.78, 5) is 11.0. The summed E-state index contributed by atoms with van der Waals surface area (Å²) in [6, 6.07) is 4.14. The van der Waals surface area contributed by atoms with Crippen LogP contribution in [0.25, 0.3) is 0 Å². The van der Waals surface area contributed by atoms with Gasteiger partial charge in [0.15, 0.2) is 0 Å². The van der Waals surface area contributed by atoms with E-state index in [2.05, 4.69) is 13.0 Å². The number of carbonyl (C=O) groups is 1. The number of ether oxygens (including phenoxy) is 1. The molecule has 0 heterocycles. The van der Waals surface area contributed by atoms with Crippen molar-refractivity contribution < 1.29 is 9.53 Å². The molecule has 1 aromatic carbocycles. The van der Waals surface area contributed by atoms with Crippen LogP contribution in [0.5, 0.6) is 5.75 Å². The number of Topliss-reactive ketones (excluding diaryl/α,β-unsaturated/α-hetero) is 1. The van der Waals surface area contributed by atoms with Crippen molar-refractivity contribution in [1.82, 2.24) is 0 Å². The van der Waals surface area contributed by atoms with Crippen molar-refractivity contribution in [1.29, 1.82) is 0 Å². The first-order valence-electron chi connectivity index (χ1n) is 5.18. The van der Waals surface area contributed by atoms with Crippen LogP contribution in [0.3, 0.4) is 0 Å². The number of hydrogen-bond donors (Lipinski definition) is 0. The number of methoxy groups -OCH3 is 1. The molecule has 0 aliphatic heterocycles. The van der Waals surface area contributed by atoms with E-state index in [0.29, 0.717) is 6.42 Å². The van der Waals surface area contributed by atoms with Gasteiger partial charge < -0.3 is 9.53 Å². The van der Waals surface area contributed by atoms with E-state index in [-0.39, 0.29) is 5.78 Å². The van der Waals surface area contributed by atoms with E-state index in [1.54, 1.807) is 14.0 Å². The molecule has 0 unspecified atom stereocenters. The zero-order valence-corrected chi connectivity index (χ0v) is 9.89. The molecule has 82 valence electrons. The summed E-state index contributed by atoms with van der Waals surface area (Å²) in [5.74, 6) is 1.12. The summed E-state index contributed by atoms with van der Waals surface area (Å²) in [6.45, 7) is 5.73. The molecule has 0 amide bonds.